The molecule has 0 bridgehead atoms. The van der Waals surface area contributed by atoms with E-state index in [2.05, 4.69) is 20.9 Å². The quantitative estimate of drug-likeness (QED) is 0.148. The number of nitrogens with zero attached hydrogens (tertiary/aromatic N) is 3. The number of methoxy groups -OCH3 is 1. The van der Waals surface area contributed by atoms with E-state index in [4.69, 9.17) is 14.2 Å². The van der Waals surface area contributed by atoms with Crippen LogP contribution in [0.4, 0.5) is 0 Å². The molecule has 0 saturated heterocycles. The zero-order chi connectivity index (χ0) is 31.8. The third kappa shape index (κ3) is 5.23. The van der Waals surface area contributed by atoms with E-state index in [1.54, 1.807) is 55.7 Å². The third-order valence-electron chi connectivity index (χ3n) is 7.79. The average Bonchev–Trinajstić information content (AvgIpc) is 3.77. The fourth-order valence-corrected chi connectivity index (χ4v) is 7.50. The predicted octanol–water partition coefficient (Wildman–Crippen LogP) is 8.04. The van der Waals surface area contributed by atoms with Crippen molar-refractivity contribution in [2.45, 2.75) is 20.1 Å². The van der Waals surface area contributed by atoms with Gasteiger partial charge in [-0.1, -0.05) is 42.5 Å². The Morgan fingerprint density at radius 1 is 0.935 bits per heavy atom. The molecule has 0 saturated carbocycles. The number of esters is 1. The number of fused-ring (bicyclic) bond motifs is 4. The van der Waals surface area contributed by atoms with E-state index in [1.807, 2.05) is 47.0 Å². The molecule has 3 heterocycles. The molecule has 3 aromatic heterocycles. The Bertz CT molecular complexity index is 2270. The standard InChI is InChI=1S/C35H27N3O6S2/c1-3-43-35(41)32-30(24-14-13-22(42-2)17-28(24)44-19-21-8-4-5-9-23(21)34(39)40)33-31(25-10-6-7-11-29(25)45-33)38(32)18-20-12-15-26-27(16-20)37-46-36-26/h4-17H,3,18-19H2,1-2H3,(H,39,40). The summed E-state index contributed by atoms with van der Waals surface area (Å²) in [6.45, 7) is 2.37. The highest BCUT2D eigenvalue weighted by Crippen LogP contribution is 2.47. The molecule has 0 aliphatic carbocycles. The van der Waals surface area contributed by atoms with Gasteiger partial charge in [0, 0.05) is 39.4 Å². The number of aromatic nitrogens is 3. The number of thiophene rings is 1. The van der Waals surface area contributed by atoms with E-state index in [9.17, 15) is 14.7 Å². The summed E-state index contributed by atoms with van der Waals surface area (Å²) in [6, 6.07) is 26.2. The van der Waals surface area contributed by atoms with Crippen molar-refractivity contribution in [1.82, 2.24) is 13.3 Å². The number of hydrogen-bond acceptors (Lipinski definition) is 9. The molecule has 0 aliphatic rings. The van der Waals surface area contributed by atoms with Gasteiger partial charge in [-0.2, -0.15) is 8.75 Å². The van der Waals surface area contributed by atoms with Crippen LogP contribution in [0.1, 0.15) is 38.9 Å². The molecule has 7 rings (SSSR count). The van der Waals surface area contributed by atoms with Crippen LogP contribution in [0.3, 0.4) is 0 Å². The predicted molar refractivity (Wildman–Crippen MR) is 180 cm³/mol. The molecular weight excluding hydrogens is 623 g/mol. The van der Waals surface area contributed by atoms with E-state index in [-0.39, 0.29) is 18.8 Å². The molecule has 230 valence electrons. The number of ether oxygens (including phenoxy) is 3. The number of carboxylic acids is 1. The Morgan fingerprint density at radius 2 is 1.74 bits per heavy atom. The summed E-state index contributed by atoms with van der Waals surface area (Å²) in [5.74, 6) is -0.499. The first-order valence-corrected chi connectivity index (χ1v) is 16.1. The Labute approximate surface area is 271 Å². The van der Waals surface area contributed by atoms with Crippen molar-refractivity contribution < 1.29 is 28.9 Å². The molecule has 0 fully saturated rings. The minimum Gasteiger partial charge on any atom is -0.497 e. The maximum absolute atomic E-state index is 14.0. The van der Waals surface area contributed by atoms with Crippen LogP contribution >= 0.6 is 23.1 Å². The molecular formula is C35H27N3O6S2. The molecule has 0 radical (unpaired) electrons. The summed E-state index contributed by atoms with van der Waals surface area (Å²) in [5.41, 5.74) is 5.90. The highest BCUT2D eigenvalue weighted by Gasteiger charge is 2.30. The Balaban J connectivity index is 1.46. The van der Waals surface area contributed by atoms with Gasteiger partial charge in [-0.25, -0.2) is 9.59 Å². The summed E-state index contributed by atoms with van der Waals surface area (Å²) in [5, 5.41) is 10.8. The van der Waals surface area contributed by atoms with Crippen LogP contribution in [-0.4, -0.2) is 44.1 Å². The number of aromatic carboxylic acids is 1. The fourth-order valence-electron chi connectivity index (χ4n) is 5.72. The van der Waals surface area contributed by atoms with Crippen LogP contribution in [0, 0.1) is 0 Å². The van der Waals surface area contributed by atoms with Crippen molar-refractivity contribution in [3.05, 3.63) is 107 Å². The van der Waals surface area contributed by atoms with Gasteiger partial charge in [-0.15, -0.1) is 11.3 Å². The van der Waals surface area contributed by atoms with Crippen molar-refractivity contribution in [2.75, 3.05) is 13.7 Å². The van der Waals surface area contributed by atoms with Crippen molar-refractivity contribution in [3.63, 3.8) is 0 Å². The van der Waals surface area contributed by atoms with Gasteiger partial charge in [0.1, 0.15) is 34.8 Å². The summed E-state index contributed by atoms with van der Waals surface area (Å²) >= 11 is 2.76. The van der Waals surface area contributed by atoms with Gasteiger partial charge in [0.05, 0.1) is 41.2 Å². The number of hydrogen-bond donors (Lipinski definition) is 1. The number of carbonyl (C=O) groups is 2. The van der Waals surface area contributed by atoms with Gasteiger partial charge in [-0.3, -0.25) is 0 Å². The average molecular weight is 650 g/mol. The molecule has 0 aliphatic heterocycles. The van der Waals surface area contributed by atoms with Gasteiger partial charge in [0.2, 0.25) is 0 Å². The number of benzene rings is 4. The van der Waals surface area contributed by atoms with E-state index in [1.165, 1.54) is 0 Å². The Hall–Kier alpha value is -5.26. The lowest BCUT2D eigenvalue weighted by molar-refractivity contribution is 0.0515. The van der Waals surface area contributed by atoms with Crippen LogP contribution in [0.2, 0.25) is 0 Å². The van der Waals surface area contributed by atoms with Crippen molar-refractivity contribution in [3.8, 4) is 22.6 Å². The van der Waals surface area contributed by atoms with Gasteiger partial charge >= 0.3 is 11.9 Å². The second-order valence-corrected chi connectivity index (χ2v) is 12.1. The van der Waals surface area contributed by atoms with Crippen LogP contribution in [0.25, 0.3) is 42.5 Å². The van der Waals surface area contributed by atoms with Gasteiger partial charge in [0.25, 0.3) is 0 Å². The third-order valence-corrected chi connectivity index (χ3v) is 9.52. The molecule has 11 heteroatoms. The highest BCUT2D eigenvalue weighted by molar-refractivity contribution is 7.26. The minimum atomic E-state index is -1.04. The lowest BCUT2D eigenvalue weighted by Gasteiger charge is -2.16. The smallest absolute Gasteiger partial charge is 0.355 e. The number of carbonyl (C=O) groups excluding carboxylic acids is 1. The topological polar surface area (TPSA) is 113 Å². The molecule has 0 spiro atoms. The Kier molecular flexibility index (Phi) is 7.85. The maximum atomic E-state index is 14.0. The molecule has 4 aromatic carbocycles. The second-order valence-electron chi connectivity index (χ2n) is 10.5. The first kappa shape index (κ1) is 29.5. The van der Waals surface area contributed by atoms with Crippen molar-refractivity contribution in [1.29, 1.82) is 0 Å². The van der Waals surface area contributed by atoms with Gasteiger partial charge in [-0.05, 0) is 48.9 Å². The monoisotopic (exact) mass is 649 g/mol. The molecule has 9 nitrogen and oxygen atoms in total. The molecule has 7 aromatic rings. The first-order valence-electron chi connectivity index (χ1n) is 14.5. The molecule has 1 N–H and O–H groups in total. The van der Waals surface area contributed by atoms with Crippen LogP contribution in [0.5, 0.6) is 11.5 Å². The van der Waals surface area contributed by atoms with E-state index in [0.29, 0.717) is 40.4 Å². The van der Waals surface area contributed by atoms with Crippen molar-refractivity contribution in [2.24, 2.45) is 0 Å². The molecule has 46 heavy (non-hydrogen) atoms. The zero-order valence-electron chi connectivity index (χ0n) is 24.9. The molecule has 0 amide bonds. The molecule has 0 atom stereocenters. The van der Waals surface area contributed by atoms with Crippen molar-refractivity contribution >= 4 is 66.3 Å². The summed E-state index contributed by atoms with van der Waals surface area (Å²) < 4.78 is 30.4. The number of carboxylic acid groups (broad SMARTS) is 1. The number of rotatable bonds is 10. The largest absolute Gasteiger partial charge is 0.497 e. The zero-order valence-corrected chi connectivity index (χ0v) is 26.5. The summed E-state index contributed by atoms with van der Waals surface area (Å²) in [6.07, 6.45) is 0. The highest BCUT2D eigenvalue weighted by atomic mass is 32.1. The van der Waals surface area contributed by atoms with E-state index >= 15 is 0 Å². The normalized spacial score (nSPS) is 11.3. The van der Waals surface area contributed by atoms with E-state index in [0.717, 1.165) is 48.6 Å². The van der Waals surface area contributed by atoms with E-state index < -0.39 is 11.9 Å². The summed E-state index contributed by atoms with van der Waals surface area (Å²) in [4.78, 5) is 25.9. The summed E-state index contributed by atoms with van der Waals surface area (Å²) in [7, 11) is 1.57. The first-order chi connectivity index (χ1) is 22.5. The SMILES string of the molecule is CCOC(=O)c1c(-c2ccc(OC)cc2OCc2ccccc2C(=O)O)c2sc3ccccc3c2n1Cc1ccc2nsnc2c1. The lowest BCUT2D eigenvalue weighted by atomic mass is 10.0. The lowest BCUT2D eigenvalue weighted by Crippen LogP contribution is -2.14. The van der Waals surface area contributed by atoms with Crippen LogP contribution in [0.15, 0.2) is 84.9 Å². The minimum absolute atomic E-state index is 0.00462. The van der Waals surface area contributed by atoms with Crippen LogP contribution < -0.4 is 9.47 Å². The van der Waals surface area contributed by atoms with Gasteiger partial charge < -0.3 is 23.9 Å². The maximum Gasteiger partial charge on any atom is 0.355 e. The molecule has 0 unspecified atom stereocenters. The van der Waals surface area contributed by atoms with Crippen LogP contribution in [-0.2, 0) is 17.9 Å². The van der Waals surface area contributed by atoms with Gasteiger partial charge in [0.15, 0.2) is 0 Å². The fraction of sp³-hybridized carbons (Fsp3) is 0.143. The Morgan fingerprint density at radius 3 is 2.57 bits per heavy atom. The second kappa shape index (κ2) is 12.3.